The van der Waals surface area contributed by atoms with E-state index in [2.05, 4.69) is 39.0 Å². The molecule has 4 fully saturated rings. The predicted molar refractivity (Wildman–Crippen MR) is 153 cm³/mol. The molecule has 0 aromatic heterocycles. The Hall–Kier alpha value is -1.47. The Morgan fingerprint density at radius 2 is 1.79 bits per heavy atom. The van der Waals surface area contributed by atoms with Crippen molar-refractivity contribution in [2.24, 2.45) is 23.7 Å². The maximum atomic E-state index is 11.9. The number of rotatable bonds is 12. The number of methoxy groups -OCH3 is 1. The van der Waals surface area contributed by atoms with E-state index in [0.717, 1.165) is 83.8 Å². The molecular weight excluding hydrogens is 492 g/mol. The van der Waals surface area contributed by atoms with Crippen LogP contribution in [-0.2, 0) is 28.5 Å². The molecule has 0 amide bonds. The molecule has 6 nitrogen and oxygen atoms in total. The van der Waals surface area contributed by atoms with Crippen molar-refractivity contribution in [3.05, 3.63) is 35.5 Å². The molecule has 2 heterocycles. The van der Waals surface area contributed by atoms with Crippen molar-refractivity contribution in [3.8, 4) is 0 Å². The molecule has 0 N–H and O–H groups in total. The summed E-state index contributed by atoms with van der Waals surface area (Å²) in [6.45, 7) is 8.25. The Morgan fingerprint density at radius 3 is 2.46 bits per heavy atom. The van der Waals surface area contributed by atoms with Crippen LogP contribution < -0.4 is 0 Å². The van der Waals surface area contributed by atoms with Gasteiger partial charge in [-0.25, -0.2) is 4.79 Å². The van der Waals surface area contributed by atoms with Gasteiger partial charge in [-0.05, 0) is 109 Å². The van der Waals surface area contributed by atoms with E-state index in [4.69, 9.17) is 23.7 Å². The lowest BCUT2D eigenvalue weighted by Crippen LogP contribution is -2.31. The summed E-state index contributed by atoms with van der Waals surface area (Å²) in [5.41, 5.74) is 2.59. The van der Waals surface area contributed by atoms with Gasteiger partial charge in [0.1, 0.15) is 0 Å². The Balaban J connectivity index is 1.47. The number of allylic oxidation sites excluding steroid dienone is 3. The van der Waals surface area contributed by atoms with Gasteiger partial charge >= 0.3 is 5.97 Å². The van der Waals surface area contributed by atoms with Crippen molar-refractivity contribution in [3.63, 3.8) is 0 Å². The van der Waals surface area contributed by atoms with Gasteiger partial charge in [-0.15, -0.1) is 0 Å². The largest absolute Gasteiger partial charge is 0.466 e. The summed E-state index contributed by atoms with van der Waals surface area (Å²) in [5, 5.41) is 0. The number of carbonyl (C=O) groups is 1. The molecular formula is C33H52O6. The third-order valence-electron chi connectivity index (χ3n) is 8.93. The highest BCUT2D eigenvalue weighted by molar-refractivity contribution is 5.82. The third-order valence-corrected chi connectivity index (χ3v) is 8.93. The Labute approximate surface area is 236 Å². The maximum absolute atomic E-state index is 11.9. The third kappa shape index (κ3) is 9.55. The molecule has 4 aliphatic rings. The van der Waals surface area contributed by atoms with Crippen LogP contribution in [0.4, 0.5) is 0 Å². The fourth-order valence-electron chi connectivity index (χ4n) is 6.87. The van der Waals surface area contributed by atoms with Gasteiger partial charge in [0, 0.05) is 25.2 Å². The van der Waals surface area contributed by atoms with Crippen LogP contribution in [0.15, 0.2) is 35.5 Å². The maximum Gasteiger partial charge on any atom is 0.330 e. The number of ether oxygens (including phenoxy) is 5. The highest BCUT2D eigenvalue weighted by Crippen LogP contribution is 2.52. The molecule has 8 atom stereocenters. The van der Waals surface area contributed by atoms with Crippen LogP contribution in [0.1, 0.15) is 97.8 Å². The van der Waals surface area contributed by atoms with Gasteiger partial charge in [0.05, 0.1) is 19.3 Å². The summed E-state index contributed by atoms with van der Waals surface area (Å²) in [6, 6.07) is 0. The SMILES string of the molecule is COC(=O)/C=C1\C[C@H]2C[C@@H](OC3CCCCO3)[C@H](/C=C/[C@H](CC(C)CCC=C(C)C)OC3CCCCO3)[C@H]2C1. The molecule has 0 aromatic rings. The van der Waals surface area contributed by atoms with E-state index in [0.29, 0.717) is 17.8 Å². The molecule has 0 bridgehead atoms. The molecule has 0 aromatic carbocycles. The van der Waals surface area contributed by atoms with E-state index >= 15 is 0 Å². The quantitative estimate of drug-likeness (QED) is 0.146. The van der Waals surface area contributed by atoms with Gasteiger partial charge < -0.3 is 23.7 Å². The van der Waals surface area contributed by atoms with Crippen molar-refractivity contribution in [1.29, 1.82) is 0 Å². The number of carbonyl (C=O) groups excluding carboxylic acids is 1. The lowest BCUT2D eigenvalue weighted by atomic mass is 9.89. The second-order valence-corrected chi connectivity index (χ2v) is 12.5. The summed E-state index contributed by atoms with van der Waals surface area (Å²) in [4.78, 5) is 11.9. The van der Waals surface area contributed by atoms with Crippen molar-refractivity contribution in [2.75, 3.05) is 20.3 Å². The first-order valence-electron chi connectivity index (χ1n) is 15.5. The van der Waals surface area contributed by atoms with Crippen molar-refractivity contribution < 1.29 is 28.5 Å². The van der Waals surface area contributed by atoms with Crippen molar-refractivity contribution in [2.45, 2.75) is 123 Å². The second-order valence-electron chi connectivity index (χ2n) is 12.5. The summed E-state index contributed by atoms with van der Waals surface area (Å²) in [7, 11) is 1.45. The summed E-state index contributed by atoms with van der Waals surface area (Å²) in [5.74, 6) is 1.58. The number of hydrogen-bond acceptors (Lipinski definition) is 6. The lowest BCUT2D eigenvalue weighted by molar-refractivity contribution is -0.193. The van der Waals surface area contributed by atoms with Crippen LogP contribution in [0, 0.1) is 23.7 Å². The van der Waals surface area contributed by atoms with Crippen LogP contribution in [0.25, 0.3) is 0 Å². The minimum atomic E-state index is -0.247. The number of hydrogen-bond donors (Lipinski definition) is 0. The van der Waals surface area contributed by atoms with Crippen LogP contribution in [0.3, 0.4) is 0 Å². The first-order valence-corrected chi connectivity index (χ1v) is 15.5. The Bertz CT molecular complexity index is 846. The monoisotopic (exact) mass is 544 g/mol. The smallest absolute Gasteiger partial charge is 0.330 e. The molecule has 2 saturated heterocycles. The second kappa shape index (κ2) is 15.5. The molecule has 2 saturated carbocycles. The standard InChI is InChI=1S/C33H52O6/c1-23(2)10-9-11-24(3)18-27(38-32-12-5-7-16-36-32)14-15-28-29-20-25(21-31(34)35-4)19-26(29)22-30(28)39-33-13-6-8-17-37-33/h10,14-15,21,24,26-30,32-33H,5-9,11-13,16-20,22H2,1-4H3/b15-14+,25-21+/t24?,26-,27+,28+,29-,30+,32?,33?/m0/s1. The van der Waals surface area contributed by atoms with E-state index in [9.17, 15) is 4.79 Å². The molecule has 6 heteroatoms. The van der Waals surface area contributed by atoms with Gasteiger partial charge in [0.15, 0.2) is 12.6 Å². The summed E-state index contributed by atoms with van der Waals surface area (Å²) >= 11 is 0. The van der Waals surface area contributed by atoms with Crippen LogP contribution >= 0.6 is 0 Å². The highest BCUT2D eigenvalue weighted by Gasteiger charge is 2.47. The van der Waals surface area contributed by atoms with Gasteiger partial charge in [-0.3, -0.25) is 0 Å². The fourth-order valence-corrected chi connectivity index (χ4v) is 6.87. The van der Waals surface area contributed by atoms with Gasteiger partial charge in [0.2, 0.25) is 0 Å². The minimum absolute atomic E-state index is 0.0203. The molecule has 4 rings (SSSR count). The molecule has 39 heavy (non-hydrogen) atoms. The molecule has 220 valence electrons. The zero-order valence-corrected chi connectivity index (χ0v) is 24.8. The average molecular weight is 545 g/mol. The van der Waals surface area contributed by atoms with E-state index < -0.39 is 0 Å². The first kappa shape index (κ1) is 30.5. The summed E-state index contributed by atoms with van der Waals surface area (Å²) < 4.78 is 30.0. The van der Waals surface area contributed by atoms with Crippen LogP contribution in [0.2, 0.25) is 0 Å². The Kier molecular flexibility index (Phi) is 12.1. The fraction of sp³-hybridized carbons (Fsp3) is 0.788. The van der Waals surface area contributed by atoms with Crippen LogP contribution in [-0.4, -0.2) is 51.1 Å². The van der Waals surface area contributed by atoms with Gasteiger partial charge in [-0.1, -0.05) is 36.3 Å². The lowest BCUT2D eigenvalue weighted by Gasteiger charge is -2.30. The van der Waals surface area contributed by atoms with Crippen molar-refractivity contribution in [1.82, 2.24) is 0 Å². The van der Waals surface area contributed by atoms with E-state index in [1.54, 1.807) is 6.08 Å². The van der Waals surface area contributed by atoms with Crippen molar-refractivity contribution >= 4 is 5.97 Å². The van der Waals surface area contributed by atoms with E-state index in [-0.39, 0.29) is 36.7 Å². The zero-order valence-electron chi connectivity index (χ0n) is 24.8. The van der Waals surface area contributed by atoms with E-state index in [1.807, 2.05) is 0 Å². The normalized spacial score (nSPS) is 33.7. The van der Waals surface area contributed by atoms with Gasteiger partial charge in [-0.2, -0.15) is 0 Å². The highest BCUT2D eigenvalue weighted by atomic mass is 16.7. The topological polar surface area (TPSA) is 63.2 Å². The van der Waals surface area contributed by atoms with E-state index in [1.165, 1.54) is 24.7 Å². The number of esters is 1. The van der Waals surface area contributed by atoms with Crippen LogP contribution in [0.5, 0.6) is 0 Å². The summed E-state index contributed by atoms with van der Waals surface area (Å²) in [6.07, 6.45) is 21.3. The molecule has 3 unspecified atom stereocenters. The minimum Gasteiger partial charge on any atom is -0.466 e. The molecule has 2 aliphatic heterocycles. The predicted octanol–water partition coefficient (Wildman–Crippen LogP) is 7.28. The Morgan fingerprint density at radius 1 is 1.05 bits per heavy atom. The first-order chi connectivity index (χ1) is 18.9. The van der Waals surface area contributed by atoms with Gasteiger partial charge in [0.25, 0.3) is 0 Å². The average Bonchev–Trinajstić information content (AvgIpc) is 3.44. The molecule has 2 aliphatic carbocycles. The molecule has 0 spiro atoms. The zero-order chi connectivity index (χ0) is 27.6. The molecule has 0 radical (unpaired) electrons. The number of fused-ring (bicyclic) bond motifs is 1.